The van der Waals surface area contributed by atoms with Crippen LogP contribution >= 0.6 is 14.0 Å². The summed E-state index contributed by atoms with van der Waals surface area (Å²) in [6.07, 6.45) is 0.666. The van der Waals surface area contributed by atoms with Crippen LogP contribution in [0.4, 0.5) is 0 Å². The second-order valence-corrected chi connectivity index (χ2v) is 14.3. The predicted molar refractivity (Wildman–Crippen MR) is 120 cm³/mol. The van der Waals surface area contributed by atoms with Gasteiger partial charge < -0.3 is 4.57 Å². The molecule has 3 heteroatoms. The zero-order valence-electron chi connectivity index (χ0n) is 15.7. The molecule has 0 aromatic heterocycles. The maximum atomic E-state index is 12.8. The van der Waals surface area contributed by atoms with Gasteiger partial charge in [-0.1, -0.05) is 96.3 Å². The van der Waals surface area contributed by atoms with E-state index in [1.54, 1.807) is 0 Å². The molecule has 0 fully saturated rings. The van der Waals surface area contributed by atoms with Crippen LogP contribution in [0.15, 0.2) is 91.0 Å². The zero-order chi connectivity index (χ0) is 18.6. The summed E-state index contributed by atoms with van der Waals surface area (Å²) in [6.45, 7) is 4.00. The molecule has 0 radical (unpaired) electrons. The molecule has 3 aromatic carbocycles. The standard InChI is InChI=1S/C23H26OP2/c1-20(19-25(2,3)24)26(21-13-7-4-8-14-21,22-15-9-5-10-16-22)23-17-11-6-12-18-23/h4-18H,19H2,1-3H3. The van der Waals surface area contributed by atoms with Crippen molar-refractivity contribution in [3.8, 4) is 0 Å². The maximum Gasteiger partial charge on any atom is 0.0858 e. The monoisotopic (exact) mass is 380 g/mol. The molecule has 0 saturated heterocycles. The molecule has 1 nitrogen and oxygen atoms in total. The van der Waals surface area contributed by atoms with Gasteiger partial charge in [-0.3, -0.25) is 0 Å². The Morgan fingerprint density at radius 3 is 1.23 bits per heavy atom. The SMILES string of the molecule is CC(CP(C)(C)=O)=P(c1ccccc1)(c1ccccc1)c1ccccc1. The molecule has 0 unspecified atom stereocenters. The van der Waals surface area contributed by atoms with Gasteiger partial charge in [0, 0.05) is 6.16 Å². The lowest BCUT2D eigenvalue weighted by Gasteiger charge is -2.32. The van der Waals surface area contributed by atoms with Crippen molar-refractivity contribution < 1.29 is 4.57 Å². The van der Waals surface area contributed by atoms with Crippen molar-refractivity contribution in [2.24, 2.45) is 0 Å². The van der Waals surface area contributed by atoms with Crippen LogP contribution in [0.2, 0.25) is 0 Å². The summed E-state index contributed by atoms with van der Waals surface area (Å²) in [4.78, 5) is 0. The van der Waals surface area contributed by atoms with Crippen molar-refractivity contribution in [2.45, 2.75) is 6.92 Å². The highest BCUT2D eigenvalue weighted by atomic mass is 31.2. The number of hydrogen-bond acceptors (Lipinski definition) is 1. The number of benzene rings is 3. The second-order valence-electron chi connectivity index (χ2n) is 7.14. The Labute approximate surface area is 157 Å². The maximum absolute atomic E-state index is 12.8. The first-order chi connectivity index (χ1) is 12.4. The van der Waals surface area contributed by atoms with E-state index in [-0.39, 0.29) is 0 Å². The molecule has 0 aliphatic carbocycles. The first-order valence-electron chi connectivity index (χ1n) is 8.87. The number of hydrogen-bond donors (Lipinski definition) is 0. The van der Waals surface area contributed by atoms with Gasteiger partial charge in [0.1, 0.15) is 0 Å². The van der Waals surface area contributed by atoms with E-state index in [1.165, 1.54) is 21.2 Å². The molecule has 0 bridgehead atoms. The molecule has 134 valence electrons. The quantitative estimate of drug-likeness (QED) is 0.582. The molecule has 0 atom stereocenters. The van der Waals surface area contributed by atoms with Crippen molar-refractivity contribution >= 4 is 35.2 Å². The Bertz CT molecular complexity index is 851. The molecule has 0 aliphatic rings. The van der Waals surface area contributed by atoms with Crippen LogP contribution < -0.4 is 15.9 Å². The predicted octanol–water partition coefficient (Wildman–Crippen LogP) is 4.80. The molecule has 0 saturated carbocycles. The first-order valence-corrected chi connectivity index (χ1v) is 13.4. The van der Waals surface area contributed by atoms with Crippen LogP contribution in [0.5, 0.6) is 0 Å². The van der Waals surface area contributed by atoms with Gasteiger partial charge in [-0.15, -0.1) is 0 Å². The molecular formula is C23H26OP2. The van der Waals surface area contributed by atoms with Crippen LogP contribution in [0.3, 0.4) is 0 Å². The number of rotatable bonds is 5. The van der Waals surface area contributed by atoms with E-state index >= 15 is 0 Å². The molecule has 0 spiro atoms. The lowest BCUT2D eigenvalue weighted by atomic mass is 10.4. The lowest BCUT2D eigenvalue weighted by molar-refractivity contribution is 0.585. The molecule has 0 aliphatic heterocycles. The van der Waals surface area contributed by atoms with E-state index < -0.39 is 14.0 Å². The van der Waals surface area contributed by atoms with E-state index in [1.807, 2.05) is 13.3 Å². The Balaban J connectivity index is 2.48. The van der Waals surface area contributed by atoms with Crippen molar-refractivity contribution in [2.75, 3.05) is 19.5 Å². The molecule has 3 aromatic rings. The third-order valence-electron chi connectivity index (χ3n) is 4.61. The molecular weight excluding hydrogens is 354 g/mol. The van der Waals surface area contributed by atoms with Crippen molar-refractivity contribution in [1.29, 1.82) is 0 Å². The van der Waals surface area contributed by atoms with E-state index in [0.717, 1.165) is 0 Å². The fourth-order valence-electron chi connectivity index (χ4n) is 3.72. The Hall–Kier alpha value is -1.81. The average molecular weight is 380 g/mol. The third-order valence-corrected chi connectivity index (χ3v) is 10.6. The molecule has 0 amide bonds. The topological polar surface area (TPSA) is 17.1 Å². The summed E-state index contributed by atoms with van der Waals surface area (Å²) in [5.41, 5.74) is 0. The van der Waals surface area contributed by atoms with Gasteiger partial charge in [-0.2, -0.15) is 0 Å². The smallest absolute Gasteiger partial charge is 0.0858 e. The fraction of sp³-hybridized carbons (Fsp3) is 0.174. The largest absolute Gasteiger partial charge is 0.324 e. The van der Waals surface area contributed by atoms with Gasteiger partial charge >= 0.3 is 0 Å². The van der Waals surface area contributed by atoms with Crippen LogP contribution in [-0.2, 0) is 4.57 Å². The van der Waals surface area contributed by atoms with Crippen molar-refractivity contribution in [1.82, 2.24) is 0 Å². The van der Waals surface area contributed by atoms with Gasteiger partial charge in [0.15, 0.2) is 0 Å². The van der Waals surface area contributed by atoms with Gasteiger partial charge in [0.05, 0.1) is 7.14 Å². The summed E-state index contributed by atoms with van der Waals surface area (Å²) in [5.74, 6) is 0. The molecule has 26 heavy (non-hydrogen) atoms. The van der Waals surface area contributed by atoms with Gasteiger partial charge in [0.25, 0.3) is 0 Å². The summed E-state index contributed by atoms with van der Waals surface area (Å²) in [6, 6.07) is 32.2. The van der Waals surface area contributed by atoms with Crippen LogP contribution in [0.25, 0.3) is 0 Å². The van der Waals surface area contributed by atoms with Crippen LogP contribution in [0.1, 0.15) is 6.92 Å². The second kappa shape index (κ2) is 7.83. The van der Waals surface area contributed by atoms with Crippen LogP contribution in [-0.4, -0.2) is 24.8 Å². The normalized spacial score (nSPS) is 12.0. The Morgan fingerprint density at radius 2 is 0.962 bits per heavy atom. The summed E-state index contributed by atoms with van der Waals surface area (Å²) in [7, 11) is -2.19. The van der Waals surface area contributed by atoms with Crippen LogP contribution in [0, 0.1) is 0 Å². The highest BCUT2D eigenvalue weighted by molar-refractivity contribution is 7.96. The molecule has 0 heterocycles. The van der Waals surface area contributed by atoms with E-state index in [4.69, 9.17) is 0 Å². The average Bonchev–Trinajstić information content (AvgIpc) is 2.64. The minimum atomic E-state index is -2.19. The van der Waals surface area contributed by atoms with Gasteiger partial charge in [-0.25, -0.2) is 0 Å². The van der Waals surface area contributed by atoms with Gasteiger partial charge in [0.2, 0.25) is 0 Å². The van der Waals surface area contributed by atoms with E-state index in [0.29, 0.717) is 6.16 Å². The fourth-order valence-corrected chi connectivity index (χ4v) is 10.8. The van der Waals surface area contributed by atoms with E-state index in [2.05, 4.69) is 97.9 Å². The minimum absolute atomic E-state index is 0.666. The third kappa shape index (κ3) is 3.80. The highest BCUT2D eigenvalue weighted by Gasteiger charge is 2.29. The summed E-state index contributed by atoms with van der Waals surface area (Å²) < 4.78 is 12.8. The molecule has 0 N–H and O–H groups in total. The van der Waals surface area contributed by atoms with Crippen molar-refractivity contribution in [3.63, 3.8) is 0 Å². The zero-order valence-corrected chi connectivity index (χ0v) is 17.5. The summed E-state index contributed by atoms with van der Waals surface area (Å²) >= 11 is 0. The highest BCUT2D eigenvalue weighted by Crippen LogP contribution is 2.49. The Morgan fingerprint density at radius 1 is 0.654 bits per heavy atom. The minimum Gasteiger partial charge on any atom is -0.324 e. The van der Waals surface area contributed by atoms with Gasteiger partial charge in [-0.05, 0) is 43.1 Å². The summed E-state index contributed by atoms with van der Waals surface area (Å²) in [5, 5.41) is 5.30. The first kappa shape index (κ1) is 19.0. The Kier molecular flexibility index (Phi) is 5.71. The van der Waals surface area contributed by atoms with E-state index in [9.17, 15) is 4.57 Å². The lowest BCUT2D eigenvalue weighted by Crippen LogP contribution is -2.30. The van der Waals surface area contributed by atoms with Crippen molar-refractivity contribution in [3.05, 3.63) is 91.0 Å². The molecule has 3 rings (SSSR count).